The first-order valence-electron chi connectivity index (χ1n) is 8.44. The van der Waals surface area contributed by atoms with Crippen LogP contribution >= 0.6 is 0 Å². The maximum atomic E-state index is 12.5. The number of nitrogens with zero attached hydrogens (tertiary/aromatic N) is 4. The van der Waals surface area contributed by atoms with Crippen LogP contribution in [0.2, 0.25) is 0 Å². The van der Waals surface area contributed by atoms with Gasteiger partial charge < -0.3 is 9.42 Å². The molecule has 1 atom stereocenters. The van der Waals surface area contributed by atoms with Crippen LogP contribution in [0.1, 0.15) is 26.5 Å². The summed E-state index contributed by atoms with van der Waals surface area (Å²) >= 11 is 0. The van der Waals surface area contributed by atoms with Crippen molar-refractivity contribution in [2.45, 2.75) is 33.4 Å². The molecule has 3 heterocycles. The molecule has 1 aliphatic heterocycles. The standard InChI is InChI=1S/C18H24N4O2/c1-13(2)11-22-9-8-21(14(3)18(22)23)12-15-10-17(20-24-15)16-6-4-5-7-19-16/h4-7,10,13-14H,8-9,11-12H2,1-3H3/t14-/m1/s1. The van der Waals surface area contributed by atoms with Crippen LogP contribution in [0.3, 0.4) is 0 Å². The monoisotopic (exact) mass is 328 g/mol. The van der Waals surface area contributed by atoms with E-state index in [1.807, 2.05) is 36.1 Å². The van der Waals surface area contributed by atoms with Crippen molar-refractivity contribution in [3.63, 3.8) is 0 Å². The Hall–Kier alpha value is -2.21. The molecule has 0 saturated carbocycles. The Morgan fingerprint density at radius 1 is 1.29 bits per heavy atom. The van der Waals surface area contributed by atoms with E-state index < -0.39 is 0 Å². The smallest absolute Gasteiger partial charge is 0.239 e. The molecule has 0 N–H and O–H groups in total. The first-order chi connectivity index (χ1) is 11.5. The minimum atomic E-state index is -0.138. The van der Waals surface area contributed by atoms with E-state index in [4.69, 9.17) is 4.52 Å². The molecular formula is C18H24N4O2. The van der Waals surface area contributed by atoms with Gasteiger partial charge in [-0.05, 0) is 25.0 Å². The maximum Gasteiger partial charge on any atom is 0.239 e. The van der Waals surface area contributed by atoms with Crippen LogP contribution in [-0.4, -0.2) is 51.5 Å². The summed E-state index contributed by atoms with van der Waals surface area (Å²) in [7, 11) is 0. The van der Waals surface area contributed by atoms with Crippen molar-refractivity contribution in [3.05, 3.63) is 36.2 Å². The Morgan fingerprint density at radius 2 is 2.12 bits per heavy atom. The molecule has 0 radical (unpaired) electrons. The Bertz CT molecular complexity index is 683. The van der Waals surface area contributed by atoms with Crippen molar-refractivity contribution < 1.29 is 9.32 Å². The van der Waals surface area contributed by atoms with Crippen LogP contribution in [0, 0.1) is 5.92 Å². The second-order valence-corrected chi connectivity index (χ2v) is 6.72. The molecule has 128 valence electrons. The number of aromatic nitrogens is 2. The molecule has 2 aromatic heterocycles. The fraction of sp³-hybridized carbons (Fsp3) is 0.500. The lowest BCUT2D eigenvalue weighted by Gasteiger charge is -2.39. The van der Waals surface area contributed by atoms with Gasteiger partial charge in [0.25, 0.3) is 0 Å². The summed E-state index contributed by atoms with van der Waals surface area (Å²) < 4.78 is 5.44. The molecular weight excluding hydrogens is 304 g/mol. The summed E-state index contributed by atoms with van der Waals surface area (Å²) in [4.78, 5) is 20.9. The topological polar surface area (TPSA) is 62.5 Å². The van der Waals surface area contributed by atoms with E-state index in [-0.39, 0.29) is 11.9 Å². The first-order valence-corrected chi connectivity index (χ1v) is 8.44. The summed E-state index contributed by atoms with van der Waals surface area (Å²) in [6.07, 6.45) is 1.73. The van der Waals surface area contributed by atoms with Gasteiger partial charge in [-0.15, -0.1) is 0 Å². The average Bonchev–Trinajstić information content (AvgIpc) is 3.04. The molecule has 2 aromatic rings. The van der Waals surface area contributed by atoms with E-state index in [0.29, 0.717) is 12.5 Å². The number of hydrogen-bond donors (Lipinski definition) is 0. The van der Waals surface area contributed by atoms with Crippen molar-refractivity contribution in [1.29, 1.82) is 0 Å². The van der Waals surface area contributed by atoms with E-state index in [0.717, 1.165) is 36.8 Å². The number of rotatable bonds is 5. The largest absolute Gasteiger partial charge is 0.359 e. The van der Waals surface area contributed by atoms with Crippen LogP contribution in [0.15, 0.2) is 35.0 Å². The molecule has 0 bridgehead atoms. The molecule has 1 amide bonds. The second-order valence-electron chi connectivity index (χ2n) is 6.72. The van der Waals surface area contributed by atoms with Gasteiger partial charge in [0.15, 0.2) is 5.76 Å². The lowest BCUT2D eigenvalue weighted by Crippen LogP contribution is -2.55. The first kappa shape index (κ1) is 16.6. The summed E-state index contributed by atoms with van der Waals surface area (Å²) in [5, 5.41) is 4.09. The summed E-state index contributed by atoms with van der Waals surface area (Å²) in [5.41, 5.74) is 1.52. The second kappa shape index (κ2) is 7.13. The normalized spacial score (nSPS) is 19.2. The number of carbonyl (C=O) groups is 1. The molecule has 1 fully saturated rings. The molecule has 0 aliphatic carbocycles. The highest BCUT2D eigenvalue weighted by Gasteiger charge is 2.32. The lowest BCUT2D eigenvalue weighted by atomic mass is 10.1. The number of hydrogen-bond acceptors (Lipinski definition) is 5. The van der Waals surface area contributed by atoms with Crippen LogP contribution in [0.25, 0.3) is 11.4 Å². The number of amides is 1. The van der Waals surface area contributed by atoms with Gasteiger partial charge in [-0.3, -0.25) is 14.7 Å². The van der Waals surface area contributed by atoms with Crippen LogP contribution in [0.4, 0.5) is 0 Å². The summed E-state index contributed by atoms with van der Waals surface area (Å²) in [6, 6.07) is 7.46. The molecule has 0 aromatic carbocycles. The number of piperazine rings is 1. The molecule has 3 rings (SSSR count). The molecule has 0 spiro atoms. The van der Waals surface area contributed by atoms with Gasteiger partial charge in [0.1, 0.15) is 5.69 Å². The predicted molar refractivity (Wildman–Crippen MR) is 91.0 cm³/mol. The molecule has 0 unspecified atom stereocenters. The Morgan fingerprint density at radius 3 is 2.83 bits per heavy atom. The van der Waals surface area contributed by atoms with Gasteiger partial charge in [0.2, 0.25) is 5.91 Å². The summed E-state index contributed by atoms with van der Waals surface area (Å²) in [6.45, 7) is 9.26. The molecule has 6 heteroatoms. The zero-order valence-corrected chi connectivity index (χ0v) is 14.5. The highest BCUT2D eigenvalue weighted by atomic mass is 16.5. The van der Waals surface area contributed by atoms with Crippen LogP contribution in [0.5, 0.6) is 0 Å². The zero-order valence-electron chi connectivity index (χ0n) is 14.5. The lowest BCUT2D eigenvalue weighted by molar-refractivity contribution is -0.142. The van der Waals surface area contributed by atoms with E-state index in [1.54, 1.807) is 6.20 Å². The Labute approximate surface area is 142 Å². The third-order valence-electron chi connectivity index (χ3n) is 4.30. The minimum absolute atomic E-state index is 0.138. The van der Waals surface area contributed by atoms with E-state index in [2.05, 4.69) is 28.9 Å². The van der Waals surface area contributed by atoms with Gasteiger partial charge in [0, 0.05) is 31.9 Å². The third kappa shape index (κ3) is 3.64. The van der Waals surface area contributed by atoms with E-state index >= 15 is 0 Å². The molecule has 1 saturated heterocycles. The fourth-order valence-corrected chi connectivity index (χ4v) is 3.03. The van der Waals surface area contributed by atoms with Crippen molar-refractivity contribution in [1.82, 2.24) is 19.9 Å². The number of carbonyl (C=O) groups excluding carboxylic acids is 1. The molecule has 24 heavy (non-hydrogen) atoms. The quantitative estimate of drug-likeness (QED) is 0.843. The number of pyridine rings is 1. The molecule has 1 aliphatic rings. The van der Waals surface area contributed by atoms with E-state index in [1.165, 1.54) is 0 Å². The van der Waals surface area contributed by atoms with Crippen molar-refractivity contribution in [2.24, 2.45) is 5.92 Å². The van der Waals surface area contributed by atoms with Gasteiger partial charge in [-0.25, -0.2) is 0 Å². The van der Waals surface area contributed by atoms with Crippen LogP contribution < -0.4 is 0 Å². The SMILES string of the molecule is CC(C)CN1CCN(Cc2cc(-c3ccccn3)no2)[C@H](C)C1=O. The average molecular weight is 328 g/mol. The van der Waals surface area contributed by atoms with Crippen molar-refractivity contribution in [3.8, 4) is 11.4 Å². The highest BCUT2D eigenvalue weighted by Crippen LogP contribution is 2.20. The molecule has 6 nitrogen and oxygen atoms in total. The van der Waals surface area contributed by atoms with Crippen molar-refractivity contribution in [2.75, 3.05) is 19.6 Å². The Kier molecular flexibility index (Phi) is 4.94. The summed E-state index contributed by atoms with van der Waals surface area (Å²) in [5.74, 6) is 1.44. The third-order valence-corrected chi connectivity index (χ3v) is 4.30. The van der Waals surface area contributed by atoms with Gasteiger partial charge in [-0.1, -0.05) is 25.1 Å². The highest BCUT2D eigenvalue weighted by molar-refractivity contribution is 5.82. The fourth-order valence-electron chi connectivity index (χ4n) is 3.03. The van der Waals surface area contributed by atoms with Gasteiger partial charge in [-0.2, -0.15) is 0 Å². The minimum Gasteiger partial charge on any atom is -0.359 e. The van der Waals surface area contributed by atoms with Gasteiger partial charge in [0.05, 0.1) is 18.3 Å². The van der Waals surface area contributed by atoms with E-state index in [9.17, 15) is 4.79 Å². The maximum absolute atomic E-state index is 12.5. The van der Waals surface area contributed by atoms with Gasteiger partial charge >= 0.3 is 0 Å². The predicted octanol–water partition coefficient (Wildman–Crippen LogP) is 2.43. The van der Waals surface area contributed by atoms with Crippen molar-refractivity contribution >= 4 is 5.91 Å². The zero-order chi connectivity index (χ0) is 17.1. The van der Waals surface area contributed by atoms with Crippen LogP contribution in [-0.2, 0) is 11.3 Å². The Balaban J connectivity index is 1.65.